The number of amides is 1. The van der Waals surface area contributed by atoms with Crippen LogP contribution in [0.3, 0.4) is 0 Å². The van der Waals surface area contributed by atoms with E-state index in [1.807, 2.05) is 4.90 Å². The smallest absolute Gasteiger partial charge is 0.219 e. The van der Waals surface area contributed by atoms with Crippen molar-refractivity contribution >= 4 is 28.5 Å². The molecule has 0 unspecified atom stereocenters. The Hall–Kier alpha value is 0.160. The minimum absolute atomic E-state index is 0.227. The number of alkyl halides is 1. The monoisotopic (exact) mass is 366 g/mol. The first-order valence-electron chi connectivity index (χ1n) is 7.28. The van der Waals surface area contributed by atoms with Crippen molar-refractivity contribution in [2.45, 2.75) is 45.4 Å². The number of carbonyl (C=O) groups is 1. The number of halogens is 1. The molecule has 0 N–H and O–H groups in total. The molecular weight excluding hydrogens is 339 g/mol. The van der Waals surface area contributed by atoms with Crippen LogP contribution in [-0.4, -0.2) is 52.9 Å². The second kappa shape index (κ2) is 10.0. The quantitative estimate of drug-likeness (QED) is 0.375. The molecular formula is C14H27IN2O. The number of hydrogen-bond acceptors (Lipinski definition) is 2. The Morgan fingerprint density at radius 3 is 2.06 bits per heavy atom. The molecule has 0 radical (unpaired) electrons. The van der Waals surface area contributed by atoms with Crippen molar-refractivity contribution in [1.29, 1.82) is 0 Å². The van der Waals surface area contributed by atoms with E-state index >= 15 is 0 Å². The average molecular weight is 366 g/mol. The standard InChI is InChI=1S/C14H27IN2O/c1-14(18)17-12-10-16(11-13-17)9-7-5-3-2-4-6-8-15/h2-13H2,1H3. The van der Waals surface area contributed by atoms with Gasteiger partial charge < -0.3 is 4.90 Å². The average Bonchev–Trinajstić information content (AvgIpc) is 2.38. The van der Waals surface area contributed by atoms with Gasteiger partial charge in [0.25, 0.3) is 0 Å². The Kier molecular flexibility index (Phi) is 9.02. The van der Waals surface area contributed by atoms with Gasteiger partial charge in [0.15, 0.2) is 0 Å². The zero-order chi connectivity index (χ0) is 13.2. The maximum atomic E-state index is 11.2. The van der Waals surface area contributed by atoms with Gasteiger partial charge >= 0.3 is 0 Å². The summed E-state index contributed by atoms with van der Waals surface area (Å²) < 4.78 is 1.30. The maximum absolute atomic E-state index is 11.2. The molecule has 1 rings (SSSR count). The largest absolute Gasteiger partial charge is 0.340 e. The van der Waals surface area contributed by atoms with Gasteiger partial charge in [0.05, 0.1) is 0 Å². The highest BCUT2D eigenvalue weighted by atomic mass is 127. The van der Waals surface area contributed by atoms with Crippen LogP contribution in [0.4, 0.5) is 0 Å². The van der Waals surface area contributed by atoms with Crippen LogP contribution in [0.25, 0.3) is 0 Å². The lowest BCUT2D eigenvalue weighted by molar-refractivity contribution is -0.130. The first-order valence-corrected chi connectivity index (χ1v) is 8.80. The van der Waals surface area contributed by atoms with E-state index in [0.29, 0.717) is 0 Å². The van der Waals surface area contributed by atoms with Crippen LogP contribution >= 0.6 is 22.6 Å². The first-order chi connectivity index (χ1) is 8.74. The normalized spacial score (nSPS) is 17.1. The van der Waals surface area contributed by atoms with Gasteiger partial charge in [-0.1, -0.05) is 48.3 Å². The molecule has 0 spiro atoms. The molecule has 1 saturated heterocycles. The summed E-state index contributed by atoms with van der Waals surface area (Å²) in [6, 6.07) is 0. The van der Waals surface area contributed by atoms with Crippen LogP contribution in [0.5, 0.6) is 0 Å². The van der Waals surface area contributed by atoms with Crippen molar-refractivity contribution in [3.8, 4) is 0 Å². The van der Waals surface area contributed by atoms with Gasteiger partial charge in [-0.15, -0.1) is 0 Å². The fraction of sp³-hybridized carbons (Fsp3) is 0.929. The van der Waals surface area contributed by atoms with Gasteiger partial charge in [-0.05, 0) is 23.8 Å². The molecule has 0 bridgehead atoms. The van der Waals surface area contributed by atoms with Crippen molar-refractivity contribution in [1.82, 2.24) is 9.80 Å². The molecule has 0 saturated carbocycles. The highest BCUT2D eigenvalue weighted by molar-refractivity contribution is 14.1. The third-order valence-electron chi connectivity index (χ3n) is 3.68. The summed E-state index contributed by atoms with van der Waals surface area (Å²) in [6.45, 7) is 6.86. The summed E-state index contributed by atoms with van der Waals surface area (Å²) in [5.41, 5.74) is 0. The molecule has 1 fully saturated rings. The van der Waals surface area contributed by atoms with Gasteiger partial charge in [-0.25, -0.2) is 0 Å². The molecule has 1 heterocycles. The Morgan fingerprint density at radius 2 is 1.50 bits per heavy atom. The molecule has 1 aliphatic heterocycles. The fourth-order valence-corrected chi connectivity index (χ4v) is 2.96. The van der Waals surface area contributed by atoms with Crippen LogP contribution in [0, 0.1) is 0 Å². The van der Waals surface area contributed by atoms with Crippen LogP contribution in [0.15, 0.2) is 0 Å². The first kappa shape index (κ1) is 16.2. The van der Waals surface area contributed by atoms with Gasteiger partial charge in [0.1, 0.15) is 0 Å². The predicted molar refractivity (Wildman–Crippen MR) is 85.3 cm³/mol. The Labute approximate surface area is 125 Å². The van der Waals surface area contributed by atoms with E-state index in [0.717, 1.165) is 26.2 Å². The minimum Gasteiger partial charge on any atom is -0.340 e. The molecule has 0 atom stereocenters. The van der Waals surface area contributed by atoms with Gasteiger partial charge in [-0.3, -0.25) is 9.69 Å². The Morgan fingerprint density at radius 1 is 0.944 bits per heavy atom. The molecule has 3 nitrogen and oxygen atoms in total. The lowest BCUT2D eigenvalue weighted by atomic mass is 10.1. The topological polar surface area (TPSA) is 23.6 Å². The molecule has 106 valence electrons. The lowest BCUT2D eigenvalue weighted by Gasteiger charge is -2.34. The molecule has 4 heteroatoms. The van der Waals surface area contributed by atoms with Crippen molar-refractivity contribution in [2.24, 2.45) is 0 Å². The summed E-state index contributed by atoms with van der Waals surface area (Å²) in [5.74, 6) is 0.227. The highest BCUT2D eigenvalue weighted by Gasteiger charge is 2.17. The fourth-order valence-electron chi connectivity index (χ4n) is 2.42. The SMILES string of the molecule is CC(=O)N1CCN(CCCCCCCCI)CC1. The van der Waals surface area contributed by atoms with Crippen LogP contribution in [0.1, 0.15) is 45.4 Å². The molecule has 0 aliphatic carbocycles. The lowest BCUT2D eigenvalue weighted by Crippen LogP contribution is -2.48. The minimum atomic E-state index is 0.227. The summed E-state index contributed by atoms with van der Waals surface area (Å²) in [7, 11) is 0. The number of hydrogen-bond donors (Lipinski definition) is 0. The highest BCUT2D eigenvalue weighted by Crippen LogP contribution is 2.09. The van der Waals surface area contributed by atoms with Crippen molar-refractivity contribution in [3.63, 3.8) is 0 Å². The second-order valence-electron chi connectivity index (χ2n) is 5.16. The van der Waals surface area contributed by atoms with Crippen LogP contribution in [-0.2, 0) is 4.79 Å². The molecule has 18 heavy (non-hydrogen) atoms. The molecule has 0 aromatic heterocycles. The van der Waals surface area contributed by atoms with E-state index in [2.05, 4.69) is 27.5 Å². The van der Waals surface area contributed by atoms with Crippen LogP contribution < -0.4 is 0 Å². The number of rotatable bonds is 8. The second-order valence-corrected chi connectivity index (χ2v) is 6.24. The third-order valence-corrected chi connectivity index (χ3v) is 4.44. The van der Waals surface area contributed by atoms with Gasteiger partial charge in [-0.2, -0.15) is 0 Å². The number of unbranched alkanes of at least 4 members (excludes halogenated alkanes) is 5. The number of carbonyl (C=O) groups excluding carboxylic acids is 1. The van der Waals surface area contributed by atoms with Gasteiger partial charge in [0, 0.05) is 33.1 Å². The Balaban J connectivity index is 1.93. The summed E-state index contributed by atoms with van der Waals surface area (Å²) in [6.07, 6.45) is 8.28. The van der Waals surface area contributed by atoms with E-state index in [4.69, 9.17) is 0 Å². The maximum Gasteiger partial charge on any atom is 0.219 e. The van der Waals surface area contributed by atoms with Crippen molar-refractivity contribution in [2.75, 3.05) is 37.2 Å². The van der Waals surface area contributed by atoms with E-state index < -0.39 is 0 Å². The van der Waals surface area contributed by atoms with Crippen LogP contribution in [0.2, 0.25) is 0 Å². The summed E-state index contributed by atoms with van der Waals surface area (Å²) in [5, 5.41) is 0. The zero-order valence-electron chi connectivity index (χ0n) is 11.7. The molecule has 0 aromatic rings. The van der Waals surface area contributed by atoms with E-state index in [1.54, 1.807) is 6.92 Å². The van der Waals surface area contributed by atoms with E-state index in [9.17, 15) is 4.79 Å². The summed E-state index contributed by atoms with van der Waals surface area (Å²) >= 11 is 2.46. The van der Waals surface area contributed by atoms with Crippen molar-refractivity contribution < 1.29 is 4.79 Å². The van der Waals surface area contributed by atoms with Crippen molar-refractivity contribution in [3.05, 3.63) is 0 Å². The zero-order valence-corrected chi connectivity index (χ0v) is 13.8. The number of nitrogens with zero attached hydrogens (tertiary/aromatic N) is 2. The van der Waals surface area contributed by atoms with Gasteiger partial charge in [0.2, 0.25) is 5.91 Å². The molecule has 0 aromatic carbocycles. The van der Waals surface area contributed by atoms with E-state index in [1.165, 1.54) is 49.5 Å². The summed E-state index contributed by atoms with van der Waals surface area (Å²) in [4.78, 5) is 15.7. The third kappa shape index (κ3) is 6.92. The number of piperazine rings is 1. The predicted octanol–water partition coefficient (Wildman–Crippen LogP) is 2.93. The molecule has 1 amide bonds. The van der Waals surface area contributed by atoms with E-state index in [-0.39, 0.29) is 5.91 Å². The Bertz CT molecular complexity index is 228. The molecule has 1 aliphatic rings.